The van der Waals surface area contributed by atoms with Crippen molar-refractivity contribution in [2.24, 2.45) is 0 Å². The Balaban J connectivity index is 1.65. The van der Waals surface area contributed by atoms with Gasteiger partial charge in [0.25, 0.3) is 0 Å². The first kappa shape index (κ1) is 17.1. The largest absolute Gasteiger partial charge is 0.457 e. The predicted molar refractivity (Wildman–Crippen MR) is 102 cm³/mol. The topological polar surface area (TPSA) is 81.0 Å². The molecular weight excluding hydrogens is 369 g/mol. The SMILES string of the molecule is Nc1ccnc2[nH]cc(C(=O)c3ccc(Oc4ccc(F)cc4)cc3Cl)c12. The van der Waals surface area contributed by atoms with Gasteiger partial charge in [-0.3, -0.25) is 4.79 Å². The molecule has 0 atom stereocenters. The third kappa shape index (κ3) is 3.22. The van der Waals surface area contributed by atoms with Crippen molar-refractivity contribution < 1.29 is 13.9 Å². The first-order valence-corrected chi connectivity index (χ1v) is 8.40. The van der Waals surface area contributed by atoms with Crippen molar-refractivity contribution in [1.82, 2.24) is 9.97 Å². The summed E-state index contributed by atoms with van der Waals surface area (Å²) in [6.45, 7) is 0. The van der Waals surface area contributed by atoms with Crippen LogP contribution < -0.4 is 10.5 Å². The van der Waals surface area contributed by atoms with Crippen molar-refractivity contribution in [3.63, 3.8) is 0 Å². The summed E-state index contributed by atoms with van der Waals surface area (Å²) in [5, 5.41) is 0.793. The summed E-state index contributed by atoms with van der Waals surface area (Å²) >= 11 is 6.31. The number of pyridine rings is 1. The van der Waals surface area contributed by atoms with E-state index in [1.807, 2.05) is 0 Å². The molecule has 2 aromatic carbocycles. The number of halogens is 2. The molecule has 5 nitrogen and oxygen atoms in total. The number of rotatable bonds is 4. The highest BCUT2D eigenvalue weighted by Gasteiger charge is 2.19. The summed E-state index contributed by atoms with van der Waals surface area (Å²) in [7, 11) is 0. The molecule has 0 amide bonds. The van der Waals surface area contributed by atoms with Crippen molar-refractivity contribution in [3.8, 4) is 11.5 Å². The first-order valence-electron chi connectivity index (χ1n) is 8.02. The molecule has 0 saturated heterocycles. The summed E-state index contributed by atoms with van der Waals surface area (Å²) in [5.74, 6) is 0.262. The van der Waals surface area contributed by atoms with Crippen molar-refractivity contribution in [2.75, 3.05) is 5.73 Å². The molecule has 27 heavy (non-hydrogen) atoms. The van der Waals surface area contributed by atoms with Gasteiger partial charge in [-0.05, 0) is 42.5 Å². The van der Waals surface area contributed by atoms with Crippen LogP contribution in [0.15, 0.2) is 60.9 Å². The minimum absolute atomic E-state index is 0.233. The lowest BCUT2D eigenvalue weighted by atomic mass is 10.0. The number of benzene rings is 2. The van der Waals surface area contributed by atoms with Gasteiger partial charge in [-0.1, -0.05) is 11.6 Å². The van der Waals surface area contributed by atoms with Crippen LogP contribution in [0.3, 0.4) is 0 Å². The predicted octanol–water partition coefficient (Wildman–Crippen LogP) is 4.96. The molecule has 4 rings (SSSR count). The zero-order valence-corrected chi connectivity index (χ0v) is 14.6. The molecule has 0 bridgehead atoms. The number of nitrogens with two attached hydrogens (primary N) is 1. The van der Waals surface area contributed by atoms with Crippen LogP contribution in [0.5, 0.6) is 11.5 Å². The Morgan fingerprint density at radius 3 is 2.56 bits per heavy atom. The van der Waals surface area contributed by atoms with Gasteiger partial charge >= 0.3 is 0 Å². The van der Waals surface area contributed by atoms with Crippen LogP contribution in [0.2, 0.25) is 5.02 Å². The highest BCUT2D eigenvalue weighted by molar-refractivity contribution is 6.35. The lowest BCUT2D eigenvalue weighted by molar-refractivity contribution is 0.104. The Morgan fingerprint density at radius 1 is 1.07 bits per heavy atom. The maximum absolute atomic E-state index is 13.0. The highest BCUT2D eigenvalue weighted by Crippen LogP contribution is 2.31. The average molecular weight is 382 g/mol. The number of anilines is 1. The van der Waals surface area contributed by atoms with Gasteiger partial charge in [0.2, 0.25) is 0 Å². The van der Waals surface area contributed by atoms with Crippen LogP contribution in [-0.2, 0) is 0 Å². The van der Waals surface area contributed by atoms with Crippen molar-refractivity contribution >= 4 is 34.1 Å². The van der Waals surface area contributed by atoms with Crippen LogP contribution in [0.1, 0.15) is 15.9 Å². The van der Waals surface area contributed by atoms with Gasteiger partial charge in [0, 0.05) is 29.7 Å². The molecule has 2 heterocycles. The fraction of sp³-hybridized carbons (Fsp3) is 0. The molecule has 4 aromatic rings. The minimum Gasteiger partial charge on any atom is -0.457 e. The molecule has 0 spiro atoms. The lowest BCUT2D eigenvalue weighted by Crippen LogP contribution is -2.03. The third-order valence-electron chi connectivity index (χ3n) is 4.08. The standard InChI is InChI=1S/C20H13ClFN3O2/c21-16-9-13(27-12-3-1-11(22)2-4-12)5-6-14(16)19(26)15-10-25-20-18(15)17(23)7-8-24-20/h1-10H,(H3,23,24,25). The van der Waals surface area contributed by atoms with E-state index in [4.69, 9.17) is 22.1 Å². The Bertz CT molecular complexity index is 1160. The number of ketones is 1. The number of carbonyl (C=O) groups is 1. The molecule has 7 heteroatoms. The van der Waals surface area contributed by atoms with E-state index in [9.17, 15) is 9.18 Å². The van der Waals surface area contributed by atoms with E-state index in [0.717, 1.165) is 0 Å². The van der Waals surface area contributed by atoms with Gasteiger partial charge in [0.1, 0.15) is 23.0 Å². The van der Waals surface area contributed by atoms with E-state index in [-0.39, 0.29) is 16.6 Å². The van der Waals surface area contributed by atoms with Gasteiger partial charge in [0.15, 0.2) is 5.78 Å². The van der Waals surface area contributed by atoms with Crippen molar-refractivity contribution in [1.29, 1.82) is 0 Å². The molecule has 2 aromatic heterocycles. The van der Waals surface area contributed by atoms with Crippen molar-refractivity contribution in [2.45, 2.75) is 0 Å². The summed E-state index contributed by atoms with van der Waals surface area (Å²) in [6.07, 6.45) is 3.13. The second kappa shape index (κ2) is 6.74. The second-order valence-electron chi connectivity index (χ2n) is 5.85. The first-order chi connectivity index (χ1) is 13.0. The number of aromatic amines is 1. The maximum Gasteiger partial charge on any atom is 0.196 e. The van der Waals surface area contributed by atoms with E-state index in [0.29, 0.717) is 39.3 Å². The maximum atomic E-state index is 13.0. The molecule has 0 saturated carbocycles. The molecule has 0 aliphatic rings. The minimum atomic E-state index is -0.353. The van der Waals surface area contributed by atoms with Crippen LogP contribution in [0, 0.1) is 5.82 Å². The van der Waals surface area contributed by atoms with Gasteiger partial charge < -0.3 is 15.5 Å². The zero-order chi connectivity index (χ0) is 19.0. The molecule has 0 unspecified atom stereocenters. The highest BCUT2D eigenvalue weighted by atomic mass is 35.5. The molecule has 134 valence electrons. The number of nitrogen functional groups attached to an aromatic ring is 1. The number of nitrogens with zero attached hydrogens (tertiary/aromatic N) is 1. The van der Waals surface area contributed by atoms with Gasteiger partial charge in [-0.25, -0.2) is 9.37 Å². The normalized spacial score (nSPS) is 10.9. The van der Waals surface area contributed by atoms with Crippen LogP contribution in [-0.4, -0.2) is 15.8 Å². The molecule has 0 aliphatic heterocycles. The number of hydrogen-bond acceptors (Lipinski definition) is 4. The fourth-order valence-electron chi connectivity index (χ4n) is 2.79. The Morgan fingerprint density at radius 2 is 1.81 bits per heavy atom. The van der Waals surface area contributed by atoms with Crippen LogP contribution in [0.25, 0.3) is 11.0 Å². The summed E-state index contributed by atoms with van der Waals surface area (Å²) in [4.78, 5) is 20.0. The number of carbonyl (C=O) groups excluding carboxylic acids is 1. The average Bonchev–Trinajstić information content (AvgIpc) is 3.09. The van der Waals surface area contributed by atoms with E-state index in [2.05, 4.69) is 9.97 Å². The number of ether oxygens (including phenoxy) is 1. The van der Waals surface area contributed by atoms with E-state index in [1.54, 1.807) is 30.6 Å². The number of aromatic nitrogens is 2. The van der Waals surface area contributed by atoms with E-state index < -0.39 is 0 Å². The number of nitrogens with one attached hydrogen (secondary N) is 1. The molecular formula is C20H13ClFN3O2. The van der Waals surface area contributed by atoms with Gasteiger partial charge in [0.05, 0.1) is 16.0 Å². The zero-order valence-electron chi connectivity index (χ0n) is 13.9. The summed E-state index contributed by atoms with van der Waals surface area (Å²) in [5.41, 5.74) is 7.68. The molecule has 0 radical (unpaired) electrons. The van der Waals surface area contributed by atoms with Crippen molar-refractivity contribution in [3.05, 3.63) is 82.9 Å². The second-order valence-corrected chi connectivity index (χ2v) is 6.26. The third-order valence-corrected chi connectivity index (χ3v) is 4.40. The Kier molecular flexibility index (Phi) is 4.25. The molecule has 0 aliphatic carbocycles. The smallest absolute Gasteiger partial charge is 0.196 e. The summed E-state index contributed by atoms with van der Waals surface area (Å²) < 4.78 is 18.6. The monoisotopic (exact) mass is 381 g/mol. The summed E-state index contributed by atoms with van der Waals surface area (Å²) in [6, 6.07) is 12.0. The molecule has 3 N–H and O–H groups in total. The lowest BCUT2D eigenvalue weighted by Gasteiger charge is -2.09. The van der Waals surface area contributed by atoms with Crippen LogP contribution >= 0.6 is 11.6 Å². The van der Waals surface area contributed by atoms with E-state index >= 15 is 0 Å². The fourth-order valence-corrected chi connectivity index (χ4v) is 3.04. The van der Waals surface area contributed by atoms with Gasteiger partial charge in [-0.2, -0.15) is 0 Å². The molecule has 0 fully saturated rings. The Labute approximate surface area is 158 Å². The number of hydrogen-bond donors (Lipinski definition) is 2. The number of H-pyrrole nitrogens is 1. The Hall–Kier alpha value is -3.38. The van der Waals surface area contributed by atoms with E-state index in [1.165, 1.54) is 30.3 Å². The van der Waals surface area contributed by atoms with Crippen LogP contribution in [0.4, 0.5) is 10.1 Å². The quantitative estimate of drug-likeness (QED) is 0.489. The number of fused-ring (bicyclic) bond motifs is 1. The van der Waals surface area contributed by atoms with Gasteiger partial charge in [-0.15, -0.1) is 0 Å².